The van der Waals surface area contributed by atoms with E-state index < -0.39 is 0 Å². The van der Waals surface area contributed by atoms with Gasteiger partial charge in [0.1, 0.15) is 19.0 Å². The summed E-state index contributed by atoms with van der Waals surface area (Å²) in [5, 5.41) is 0. The lowest BCUT2D eigenvalue weighted by molar-refractivity contribution is 0.133. The van der Waals surface area contributed by atoms with E-state index in [0.717, 1.165) is 34.9 Å². The fraction of sp³-hybridized carbons (Fsp3) is 0.562. The molecule has 4 rings (SSSR count). The van der Waals surface area contributed by atoms with Gasteiger partial charge in [-0.3, -0.25) is 0 Å². The molecule has 0 spiro atoms. The Bertz CT molecular complexity index is 679. The highest BCUT2D eigenvalue weighted by Gasteiger charge is 2.30. The Morgan fingerprint density at radius 2 is 1.95 bits per heavy atom. The van der Waals surface area contributed by atoms with Crippen LogP contribution in [0.1, 0.15) is 24.6 Å². The molecule has 2 heterocycles. The summed E-state index contributed by atoms with van der Waals surface area (Å²) >= 11 is 0. The van der Waals surface area contributed by atoms with Gasteiger partial charge in [0.05, 0.1) is 24.2 Å². The zero-order chi connectivity index (χ0) is 14.9. The molecule has 1 fully saturated rings. The summed E-state index contributed by atoms with van der Waals surface area (Å²) in [6.07, 6.45) is 2.44. The molecule has 0 unspecified atom stereocenters. The summed E-state index contributed by atoms with van der Waals surface area (Å²) in [6, 6.07) is 4.04. The zero-order valence-corrected chi connectivity index (χ0v) is 12.6. The Kier molecular flexibility index (Phi) is 3.63. The summed E-state index contributed by atoms with van der Waals surface area (Å²) in [6.45, 7) is 3.79. The van der Waals surface area contributed by atoms with E-state index in [4.69, 9.17) is 24.9 Å². The van der Waals surface area contributed by atoms with Crippen molar-refractivity contribution in [1.82, 2.24) is 9.55 Å². The Morgan fingerprint density at radius 1 is 1.18 bits per heavy atom. The van der Waals surface area contributed by atoms with Gasteiger partial charge in [0.2, 0.25) is 0 Å². The molecule has 1 aliphatic carbocycles. The molecule has 0 bridgehead atoms. The van der Waals surface area contributed by atoms with Crippen molar-refractivity contribution in [1.29, 1.82) is 0 Å². The first kappa shape index (κ1) is 13.8. The summed E-state index contributed by atoms with van der Waals surface area (Å²) in [5.74, 6) is 3.35. The molecule has 2 aromatic rings. The molecule has 1 aromatic carbocycles. The third-order valence-electron chi connectivity index (χ3n) is 4.11. The minimum atomic E-state index is 0.554. The highest BCUT2D eigenvalue weighted by Crippen LogP contribution is 2.42. The van der Waals surface area contributed by atoms with Gasteiger partial charge in [-0.05, 0) is 12.8 Å². The number of nitrogens with zero attached hydrogens (tertiary/aromatic N) is 2. The molecule has 0 radical (unpaired) electrons. The number of hydrogen-bond acceptors (Lipinski definition) is 5. The van der Waals surface area contributed by atoms with Crippen LogP contribution in [0.15, 0.2) is 12.1 Å². The molecule has 2 aliphatic rings. The van der Waals surface area contributed by atoms with Crippen LogP contribution in [-0.4, -0.2) is 42.5 Å². The van der Waals surface area contributed by atoms with Gasteiger partial charge in [-0.1, -0.05) is 0 Å². The number of imidazole rings is 1. The van der Waals surface area contributed by atoms with Crippen LogP contribution in [0.25, 0.3) is 11.0 Å². The third kappa shape index (κ3) is 2.53. The molecule has 0 amide bonds. The lowest BCUT2D eigenvalue weighted by Gasteiger charge is -2.18. The lowest BCUT2D eigenvalue weighted by Crippen LogP contribution is -2.15. The maximum Gasteiger partial charge on any atom is 0.163 e. The molecule has 1 aliphatic heterocycles. The van der Waals surface area contributed by atoms with E-state index in [1.807, 2.05) is 12.1 Å². The fourth-order valence-corrected chi connectivity index (χ4v) is 2.91. The third-order valence-corrected chi connectivity index (χ3v) is 4.11. The second-order valence-corrected chi connectivity index (χ2v) is 5.78. The summed E-state index contributed by atoms with van der Waals surface area (Å²) in [5.41, 5.74) is 7.54. The van der Waals surface area contributed by atoms with Gasteiger partial charge in [0.15, 0.2) is 11.5 Å². The molecule has 6 nitrogen and oxygen atoms in total. The monoisotopic (exact) mass is 303 g/mol. The Hall–Kier alpha value is -1.79. The maximum absolute atomic E-state index is 5.70. The largest absolute Gasteiger partial charge is 0.486 e. The van der Waals surface area contributed by atoms with Crippen molar-refractivity contribution in [3.8, 4) is 11.5 Å². The van der Waals surface area contributed by atoms with Crippen molar-refractivity contribution >= 4 is 11.0 Å². The number of ether oxygens (including phenoxy) is 3. The first-order chi connectivity index (χ1) is 10.9. The minimum Gasteiger partial charge on any atom is -0.486 e. The molecule has 2 N–H and O–H groups in total. The molecule has 6 heteroatoms. The van der Waals surface area contributed by atoms with Crippen LogP contribution in [0, 0.1) is 0 Å². The lowest BCUT2D eigenvalue weighted by atomic mass is 10.2. The molecular formula is C16H21N3O3. The van der Waals surface area contributed by atoms with Gasteiger partial charge in [-0.25, -0.2) is 4.98 Å². The van der Waals surface area contributed by atoms with Crippen molar-refractivity contribution in [2.75, 3.05) is 33.0 Å². The fourth-order valence-electron chi connectivity index (χ4n) is 2.91. The highest BCUT2D eigenvalue weighted by atomic mass is 16.6. The minimum absolute atomic E-state index is 0.554. The van der Waals surface area contributed by atoms with Crippen LogP contribution in [0.5, 0.6) is 11.5 Å². The van der Waals surface area contributed by atoms with Crippen molar-refractivity contribution in [2.45, 2.75) is 25.3 Å². The highest BCUT2D eigenvalue weighted by molar-refractivity contribution is 5.81. The molecule has 0 atom stereocenters. The van der Waals surface area contributed by atoms with E-state index in [1.54, 1.807) is 0 Å². The predicted octanol–water partition coefficient (Wildman–Crippen LogP) is 1.66. The number of rotatable bonds is 6. The van der Waals surface area contributed by atoms with Gasteiger partial charge in [0, 0.05) is 31.1 Å². The normalized spacial score (nSPS) is 17.1. The summed E-state index contributed by atoms with van der Waals surface area (Å²) < 4.78 is 19.2. The summed E-state index contributed by atoms with van der Waals surface area (Å²) in [4.78, 5) is 4.83. The van der Waals surface area contributed by atoms with Crippen LogP contribution >= 0.6 is 0 Å². The standard InChI is InChI=1S/C16H21N3O3/c17-3-5-20-6-4-19-13-10-15-14(21-7-8-22-15)9-12(13)18-16(19)11-1-2-11/h9-11H,1-8,17H2. The van der Waals surface area contributed by atoms with E-state index in [1.165, 1.54) is 12.8 Å². The summed E-state index contributed by atoms with van der Waals surface area (Å²) in [7, 11) is 0. The van der Waals surface area contributed by atoms with E-state index in [-0.39, 0.29) is 0 Å². The van der Waals surface area contributed by atoms with Gasteiger partial charge in [0.25, 0.3) is 0 Å². The SMILES string of the molecule is NCCOCCn1c(C2CC2)nc2cc3c(cc21)OCCO3. The van der Waals surface area contributed by atoms with Crippen LogP contribution in [0.3, 0.4) is 0 Å². The van der Waals surface area contributed by atoms with Crippen molar-refractivity contribution < 1.29 is 14.2 Å². The first-order valence-electron chi connectivity index (χ1n) is 7.94. The van der Waals surface area contributed by atoms with E-state index in [0.29, 0.717) is 38.9 Å². The number of nitrogens with two attached hydrogens (primary N) is 1. The smallest absolute Gasteiger partial charge is 0.163 e. The van der Waals surface area contributed by atoms with Crippen LogP contribution in [-0.2, 0) is 11.3 Å². The second-order valence-electron chi connectivity index (χ2n) is 5.78. The maximum atomic E-state index is 5.70. The molecule has 22 heavy (non-hydrogen) atoms. The van der Waals surface area contributed by atoms with Crippen LogP contribution < -0.4 is 15.2 Å². The van der Waals surface area contributed by atoms with E-state index >= 15 is 0 Å². The Balaban J connectivity index is 1.69. The molecule has 0 saturated heterocycles. The van der Waals surface area contributed by atoms with Gasteiger partial charge < -0.3 is 24.5 Å². The Labute approximate surface area is 129 Å². The Morgan fingerprint density at radius 3 is 2.68 bits per heavy atom. The van der Waals surface area contributed by atoms with Crippen molar-refractivity contribution in [3.63, 3.8) is 0 Å². The van der Waals surface area contributed by atoms with E-state index in [2.05, 4.69) is 4.57 Å². The first-order valence-corrected chi connectivity index (χ1v) is 7.94. The second kappa shape index (κ2) is 5.78. The molecule has 118 valence electrons. The number of hydrogen-bond donors (Lipinski definition) is 1. The topological polar surface area (TPSA) is 71.5 Å². The zero-order valence-electron chi connectivity index (χ0n) is 12.6. The molecule has 1 aromatic heterocycles. The van der Waals surface area contributed by atoms with Crippen LogP contribution in [0.2, 0.25) is 0 Å². The average Bonchev–Trinajstić information content (AvgIpc) is 3.33. The molecular weight excluding hydrogens is 282 g/mol. The number of benzene rings is 1. The quantitative estimate of drug-likeness (QED) is 0.822. The van der Waals surface area contributed by atoms with Gasteiger partial charge >= 0.3 is 0 Å². The number of aromatic nitrogens is 2. The predicted molar refractivity (Wildman–Crippen MR) is 82.6 cm³/mol. The number of fused-ring (bicyclic) bond motifs is 2. The van der Waals surface area contributed by atoms with Crippen molar-refractivity contribution in [3.05, 3.63) is 18.0 Å². The molecule has 1 saturated carbocycles. The van der Waals surface area contributed by atoms with Crippen LogP contribution in [0.4, 0.5) is 0 Å². The van der Waals surface area contributed by atoms with E-state index in [9.17, 15) is 0 Å². The van der Waals surface area contributed by atoms with Gasteiger partial charge in [-0.15, -0.1) is 0 Å². The average molecular weight is 303 g/mol. The van der Waals surface area contributed by atoms with Gasteiger partial charge in [-0.2, -0.15) is 0 Å². The van der Waals surface area contributed by atoms with Crippen molar-refractivity contribution in [2.24, 2.45) is 5.73 Å².